The van der Waals surface area contributed by atoms with Gasteiger partial charge in [-0.25, -0.2) is 0 Å². The van der Waals surface area contributed by atoms with Gasteiger partial charge in [-0.2, -0.15) is 0 Å². The van der Waals surface area contributed by atoms with Crippen LogP contribution in [-0.2, 0) is 16.0 Å². The molecule has 2 aromatic rings. The fraction of sp³-hybridized carbons (Fsp3) is 0.308. The molecule has 1 heterocycles. The van der Waals surface area contributed by atoms with E-state index in [0.717, 1.165) is 22.2 Å². The van der Waals surface area contributed by atoms with Crippen LogP contribution in [0.15, 0.2) is 24.3 Å². The minimum Gasteiger partial charge on any atom is -0.466 e. The first-order chi connectivity index (χ1) is 8.15. The van der Waals surface area contributed by atoms with Gasteiger partial charge in [0, 0.05) is 22.9 Å². The molecule has 4 heteroatoms. The number of carbonyl (C=O) groups excluding carboxylic acids is 1. The molecule has 90 valence electrons. The minimum absolute atomic E-state index is 0.219. The van der Waals surface area contributed by atoms with Crippen LogP contribution in [0.5, 0.6) is 0 Å². The van der Waals surface area contributed by atoms with E-state index in [0.29, 0.717) is 6.61 Å². The number of aromatic nitrogens is 1. The van der Waals surface area contributed by atoms with Gasteiger partial charge in [-0.05, 0) is 25.5 Å². The topological polar surface area (TPSA) is 31.2 Å². The number of hydrogen-bond acceptors (Lipinski definition) is 2. The standard InChI is InChI=1S/C13H14ClNO2/c1-3-17-13(16)8-11-9(2)15(14)12-7-5-4-6-10(11)12/h4-7H,3,8H2,1-2H3. The number of rotatable bonds is 3. The van der Waals surface area contributed by atoms with Crippen molar-refractivity contribution in [2.24, 2.45) is 0 Å². The van der Waals surface area contributed by atoms with Gasteiger partial charge < -0.3 is 4.74 Å². The molecule has 0 aliphatic rings. The molecule has 1 aromatic heterocycles. The van der Waals surface area contributed by atoms with Crippen LogP contribution in [-0.4, -0.2) is 16.7 Å². The zero-order valence-corrected chi connectivity index (χ0v) is 10.6. The molecular weight excluding hydrogens is 238 g/mol. The second-order valence-electron chi connectivity index (χ2n) is 3.84. The number of fused-ring (bicyclic) bond motifs is 1. The highest BCUT2D eigenvalue weighted by Crippen LogP contribution is 2.27. The molecule has 0 saturated heterocycles. The van der Waals surface area contributed by atoms with Crippen molar-refractivity contribution >= 4 is 28.6 Å². The maximum Gasteiger partial charge on any atom is 0.310 e. The third-order valence-corrected chi connectivity index (χ3v) is 3.23. The molecule has 3 nitrogen and oxygen atoms in total. The van der Waals surface area contributed by atoms with Crippen LogP contribution in [0.1, 0.15) is 18.2 Å². The van der Waals surface area contributed by atoms with Crippen LogP contribution in [0, 0.1) is 6.92 Å². The summed E-state index contributed by atoms with van der Waals surface area (Å²) in [7, 11) is 0. The highest BCUT2D eigenvalue weighted by Gasteiger charge is 2.15. The highest BCUT2D eigenvalue weighted by molar-refractivity contribution is 6.20. The zero-order chi connectivity index (χ0) is 12.4. The van der Waals surface area contributed by atoms with E-state index >= 15 is 0 Å². The minimum atomic E-state index is -0.219. The van der Waals surface area contributed by atoms with Gasteiger partial charge in [-0.1, -0.05) is 18.2 Å². The monoisotopic (exact) mass is 251 g/mol. The van der Waals surface area contributed by atoms with Gasteiger partial charge in [0.2, 0.25) is 0 Å². The van der Waals surface area contributed by atoms with Crippen LogP contribution >= 0.6 is 11.8 Å². The smallest absolute Gasteiger partial charge is 0.310 e. The molecule has 2 rings (SSSR count). The van der Waals surface area contributed by atoms with E-state index in [2.05, 4.69) is 0 Å². The SMILES string of the molecule is CCOC(=O)Cc1c(C)n(Cl)c2ccccc12. The van der Waals surface area contributed by atoms with Crippen LogP contribution < -0.4 is 0 Å². The van der Waals surface area contributed by atoms with Gasteiger partial charge in [0.25, 0.3) is 0 Å². The Labute approximate surface area is 105 Å². The van der Waals surface area contributed by atoms with E-state index < -0.39 is 0 Å². The molecule has 0 radical (unpaired) electrons. The van der Waals surface area contributed by atoms with E-state index in [1.54, 1.807) is 11.0 Å². The van der Waals surface area contributed by atoms with Gasteiger partial charge >= 0.3 is 5.97 Å². The number of benzene rings is 1. The Morgan fingerprint density at radius 3 is 2.82 bits per heavy atom. The van der Waals surface area contributed by atoms with Crippen molar-refractivity contribution in [1.82, 2.24) is 4.09 Å². The summed E-state index contributed by atoms with van der Waals surface area (Å²) in [5.74, 6) is -0.219. The number of para-hydroxylation sites is 1. The lowest BCUT2D eigenvalue weighted by Crippen LogP contribution is -2.08. The first kappa shape index (κ1) is 12.0. The summed E-state index contributed by atoms with van der Waals surface area (Å²) in [6.45, 7) is 4.11. The van der Waals surface area contributed by atoms with Crippen LogP contribution in [0.2, 0.25) is 0 Å². The molecule has 0 unspecified atom stereocenters. The van der Waals surface area contributed by atoms with E-state index in [9.17, 15) is 4.79 Å². The molecule has 1 aromatic carbocycles. The number of esters is 1. The summed E-state index contributed by atoms with van der Waals surface area (Å²) in [6.07, 6.45) is 0.264. The largest absolute Gasteiger partial charge is 0.466 e. The number of halogens is 1. The Balaban J connectivity index is 2.46. The fourth-order valence-electron chi connectivity index (χ4n) is 1.97. The third-order valence-electron chi connectivity index (χ3n) is 2.80. The Hall–Kier alpha value is -1.48. The van der Waals surface area contributed by atoms with Crippen molar-refractivity contribution < 1.29 is 9.53 Å². The summed E-state index contributed by atoms with van der Waals surface area (Å²) >= 11 is 6.17. The number of carbonyl (C=O) groups is 1. The molecule has 0 saturated carbocycles. The number of hydrogen-bond donors (Lipinski definition) is 0. The van der Waals surface area contributed by atoms with Crippen molar-refractivity contribution in [3.63, 3.8) is 0 Å². The molecule has 17 heavy (non-hydrogen) atoms. The zero-order valence-electron chi connectivity index (χ0n) is 9.87. The maximum absolute atomic E-state index is 11.5. The average molecular weight is 252 g/mol. The van der Waals surface area contributed by atoms with Crippen LogP contribution in [0.4, 0.5) is 0 Å². The second-order valence-corrected chi connectivity index (χ2v) is 4.18. The van der Waals surface area contributed by atoms with Crippen molar-refractivity contribution in [2.75, 3.05) is 6.61 Å². The van der Waals surface area contributed by atoms with Gasteiger partial charge in [0.15, 0.2) is 0 Å². The number of nitrogens with zero attached hydrogens (tertiary/aromatic N) is 1. The van der Waals surface area contributed by atoms with Crippen molar-refractivity contribution in [1.29, 1.82) is 0 Å². The highest BCUT2D eigenvalue weighted by atomic mass is 35.5. The normalized spacial score (nSPS) is 10.8. The molecule has 0 bridgehead atoms. The lowest BCUT2D eigenvalue weighted by atomic mass is 10.1. The molecule has 0 aliphatic carbocycles. The van der Waals surface area contributed by atoms with Crippen LogP contribution in [0.25, 0.3) is 10.9 Å². The van der Waals surface area contributed by atoms with E-state index in [-0.39, 0.29) is 12.4 Å². The Kier molecular flexibility index (Phi) is 3.38. The summed E-state index contributed by atoms with van der Waals surface area (Å²) in [6, 6.07) is 7.77. The van der Waals surface area contributed by atoms with Gasteiger partial charge in [-0.3, -0.25) is 8.88 Å². The van der Waals surface area contributed by atoms with E-state index in [4.69, 9.17) is 16.5 Å². The molecule has 0 N–H and O–H groups in total. The molecule has 0 spiro atoms. The van der Waals surface area contributed by atoms with Gasteiger partial charge in [0.1, 0.15) is 0 Å². The molecule has 0 atom stereocenters. The summed E-state index contributed by atoms with van der Waals surface area (Å²) < 4.78 is 6.55. The van der Waals surface area contributed by atoms with Gasteiger partial charge in [0.05, 0.1) is 18.5 Å². The molecule has 0 fully saturated rings. The molecule has 0 aliphatic heterocycles. The molecule has 0 amide bonds. The van der Waals surface area contributed by atoms with Crippen LogP contribution in [0.3, 0.4) is 0 Å². The Morgan fingerprint density at radius 2 is 2.12 bits per heavy atom. The van der Waals surface area contributed by atoms with E-state index in [1.165, 1.54) is 0 Å². The molecular formula is C13H14ClNO2. The summed E-state index contributed by atoms with van der Waals surface area (Å²) in [4.78, 5) is 11.5. The lowest BCUT2D eigenvalue weighted by molar-refractivity contribution is -0.142. The maximum atomic E-state index is 11.5. The lowest BCUT2D eigenvalue weighted by Gasteiger charge is -2.02. The second kappa shape index (κ2) is 4.80. The predicted molar refractivity (Wildman–Crippen MR) is 68.3 cm³/mol. The first-order valence-electron chi connectivity index (χ1n) is 5.55. The summed E-state index contributed by atoms with van der Waals surface area (Å²) in [5, 5.41) is 1.01. The fourth-order valence-corrected chi connectivity index (χ4v) is 2.22. The predicted octanol–water partition coefficient (Wildman–Crippen LogP) is 3.06. The summed E-state index contributed by atoms with van der Waals surface area (Å²) in [5.41, 5.74) is 2.75. The van der Waals surface area contributed by atoms with Gasteiger partial charge in [-0.15, -0.1) is 0 Å². The Bertz CT molecular complexity index is 560. The average Bonchev–Trinajstić information content (AvgIpc) is 2.56. The quantitative estimate of drug-likeness (QED) is 0.785. The number of ether oxygens (including phenoxy) is 1. The first-order valence-corrected chi connectivity index (χ1v) is 5.89. The van der Waals surface area contributed by atoms with Crippen molar-refractivity contribution in [3.05, 3.63) is 35.5 Å². The van der Waals surface area contributed by atoms with Crippen molar-refractivity contribution in [3.8, 4) is 0 Å². The van der Waals surface area contributed by atoms with E-state index in [1.807, 2.05) is 31.2 Å². The Morgan fingerprint density at radius 1 is 1.41 bits per heavy atom. The van der Waals surface area contributed by atoms with Crippen molar-refractivity contribution in [2.45, 2.75) is 20.3 Å². The third kappa shape index (κ3) is 2.15.